The van der Waals surface area contributed by atoms with Gasteiger partial charge in [-0.1, -0.05) is 20.8 Å². The minimum atomic E-state index is 0.720. The third kappa shape index (κ3) is 3.97. The van der Waals surface area contributed by atoms with Crippen LogP contribution in [0.1, 0.15) is 32.3 Å². The molecule has 2 nitrogen and oxygen atoms in total. The molecule has 0 aliphatic carbocycles. The van der Waals surface area contributed by atoms with Gasteiger partial charge in [-0.3, -0.25) is 0 Å². The molecule has 1 rings (SSSR count). The number of aryl methyl sites for hydroxylation is 1. The molecule has 0 aliphatic heterocycles. The summed E-state index contributed by atoms with van der Waals surface area (Å²) in [7, 11) is 0. The first-order chi connectivity index (χ1) is 6.72. The molecule has 0 amide bonds. The first kappa shape index (κ1) is 11.3. The monoisotopic (exact) mass is 195 g/mol. The fourth-order valence-electron chi connectivity index (χ4n) is 1.35. The smallest absolute Gasteiger partial charge is 0.105 e. The fraction of sp³-hybridized carbons (Fsp3) is 0.667. The van der Waals surface area contributed by atoms with E-state index in [-0.39, 0.29) is 0 Å². The SMILES string of the molecule is CCc1ccc(CCNCC(C)C)o1. The second kappa shape index (κ2) is 5.86. The van der Waals surface area contributed by atoms with Crippen molar-refractivity contribution in [3.8, 4) is 0 Å². The van der Waals surface area contributed by atoms with E-state index in [0.29, 0.717) is 0 Å². The zero-order valence-corrected chi connectivity index (χ0v) is 9.47. The Morgan fingerprint density at radius 3 is 2.57 bits per heavy atom. The maximum absolute atomic E-state index is 5.60. The Bertz CT molecular complexity index is 253. The van der Waals surface area contributed by atoms with Crippen molar-refractivity contribution in [2.24, 2.45) is 5.92 Å². The molecule has 0 saturated heterocycles. The van der Waals surface area contributed by atoms with Crippen LogP contribution in [0.4, 0.5) is 0 Å². The molecule has 1 aromatic heterocycles. The zero-order valence-electron chi connectivity index (χ0n) is 9.47. The molecular formula is C12H21NO. The number of rotatable bonds is 6. The second-order valence-corrected chi connectivity index (χ2v) is 4.07. The van der Waals surface area contributed by atoms with Crippen LogP contribution in [0.3, 0.4) is 0 Å². The molecule has 0 radical (unpaired) electrons. The molecule has 1 aromatic rings. The molecule has 80 valence electrons. The van der Waals surface area contributed by atoms with Gasteiger partial charge in [0.15, 0.2) is 0 Å². The summed E-state index contributed by atoms with van der Waals surface area (Å²) in [5, 5.41) is 3.40. The summed E-state index contributed by atoms with van der Waals surface area (Å²) in [6.45, 7) is 8.64. The summed E-state index contributed by atoms with van der Waals surface area (Å²) in [5.74, 6) is 2.90. The average molecular weight is 195 g/mol. The van der Waals surface area contributed by atoms with Gasteiger partial charge >= 0.3 is 0 Å². The molecule has 0 aliphatic rings. The molecule has 0 unspecified atom stereocenters. The van der Waals surface area contributed by atoms with Crippen LogP contribution in [0.15, 0.2) is 16.5 Å². The van der Waals surface area contributed by atoms with Gasteiger partial charge in [0.2, 0.25) is 0 Å². The van der Waals surface area contributed by atoms with Crippen molar-refractivity contribution in [3.63, 3.8) is 0 Å². The Hall–Kier alpha value is -0.760. The molecular weight excluding hydrogens is 174 g/mol. The van der Waals surface area contributed by atoms with E-state index in [4.69, 9.17) is 4.42 Å². The highest BCUT2D eigenvalue weighted by atomic mass is 16.3. The molecule has 1 heterocycles. The van der Waals surface area contributed by atoms with Crippen molar-refractivity contribution < 1.29 is 4.42 Å². The minimum Gasteiger partial charge on any atom is -0.466 e. The van der Waals surface area contributed by atoms with Crippen LogP contribution < -0.4 is 5.32 Å². The highest BCUT2D eigenvalue weighted by molar-refractivity contribution is 5.07. The van der Waals surface area contributed by atoms with Crippen molar-refractivity contribution in [3.05, 3.63) is 23.7 Å². The minimum absolute atomic E-state index is 0.720. The third-order valence-electron chi connectivity index (χ3n) is 2.17. The van der Waals surface area contributed by atoms with E-state index in [1.807, 2.05) is 0 Å². The van der Waals surface area contributed by atoms with Gasteiger partial charge in [0.1, 0.15) is 11.5 Å². The second-order valence-electron chi connectivity index (χ2n) is 4.07. The normalized spacial score (nSPS) is 11.1. The summed E-state index contributed by atoms with van der Waals surface area (Å²) in [4.78, 5) is 0. The highest BCUT2D eigenvalue weighted by Crippen LogP contribution is 2.08. The largest absolute Gasteiger partial charge is 0.466 e. The Labute approximate surface area is 86.7 Å². The van der Waals surface area contributed by atoms with Crippen molar-refractivity contribution in [1.29, 1.82) is 0 Å². The predicted molar refractivity (Wildman–Crippen MR) is 59.5 cm³/mol. The third-order valence-corrected chi connectivity index (χ3v) is 2.17. The molecule has 0 bridgehead atoms. The molecule has 0 saturated carbocycles. The van der Waals surface area contributed by atoms with E-state index in [1.54, 1.807) is 0 Å². The van der Waals surface area contributed by atoms with Crippen LogP contribution in [0, 0.1) is 5.92 Å². The van der Waals surface area contributed by atoms with E-state index in [1.165, 1.54) is 0 Å². The van der Waals surface area contributed by atoms with Gasteiger partial charge in [0.05, 0.1) is 0 Å². The number of hydrogen-bond acceptors (Lipinski definition) is 2. The lowest BCUT2D eigenvalue weighted by molar-refractivity contribution is 0.457. The fourth-order valence-corrected chi connectivity index (χ4v) is 1.35. The number of furan rings is 1. The van der Waals surface area contributed by atoms with Crippen LogP contribution in [0.2, 0.25) is 0 Å². The summed E-state index contributed by atoms with van der Waals surface area (Å²) < 4.78 is 5.60. The van der Waals surface area contributed by atoms with Crippen LogP contribution in [0.5, 0.6) is 0 Å². The topological polar surface area (TPSA) is 25.2 Å². The van der Waals surface area contributed by atoms with Crippen LogP contribution in [-0.4, -0.2) is 13.1 Å². The average Bonchev–Trinajstić information content (AvgIpc) is 2.60. The molecule has 0 spiro atoms. The van der Waals surface area contributed by atoms with E-state index in [9.17, 15) is 0 Å². The molecule has 14 heavy (non-hydrogen) atoms. The summed E-state index contributed by atoms with van der Waals surface area (Å²) in [6, 6.07) is 4.15. The van der Waals surface area contributed by atoms with Gasteiger partial charge in [0.25, 0.3) is 0 Å². The quantitative estimate of drug-likeness (QED) is 0.706. The van der Waals surface area contributed by atoms with Crippen LogP contribution in [-0.2, 0) is 12.8 Å². The van der Waals surface area contributed by atoms with Crippen LogP contribution >= 0.6 is 0 Å². The van der Waals surface area contributed by atoms with Gasteiger partial charge < -0.3 is 9.73 Å². The van der Waals surface area contributed by atoms with Crippen molar-refractivity contribution in [1.82, 2.24) is 5.32 Å². The van der Waals surface area contributed by atoms with E-state index < -0.39 is 0 Å². The Morgan fingerprint density at radius 1 is 1.29 bits per heavy atom. The molecule has 0 aromatic carbocycles. The molecule has 2 heteroatoms. The van der Waals surface area contributed by atoms with Gasteiger partial charge in [-0.05, 0) is 24.6 Å². The van der Waals surface area contributed by atoms with Crippen molar-refractivity contribution >= 4 is 0 Å². The first-order valence-electron chi connectivity index (χ1n) is 5.50. The molecule has 0 fully saturated rings. The van der Waals surface area contributed by atoms with Gasteiger partial charge in [0, 0.05) is 19.4 Å². The Balaban J connectivity index is 2.18. The molecule has 0 atom stereocenters. The summed E-state index contributed by atoms with van der Waals surface area (Å²) in [6.07, 6.45) is 1.98. The van der Waals surface area contributed by atoms with Crippen molar-refractivity contribution in [2.75, 3.05) is 13.1 Å². The number of hydrogen-bond donors (Lipinski definition) is 1. The molecule has 1 N–H and O–H groups in total. The zero-order chi connectivity index (χ0) is 10.4. The van der Waals surface area contributed by atoms with Crippen LogP contribution in [0.25, 0.3) is 0 Å². The van der Waals surface area contributed by atoms with Gasteiger partial charge in [-0.15, -0.1) is 0 Å². The lowest BCUT2D eigenvalue weighted by Gasteiger charge is -2.05. The lowest BCUT2D eigenvalue weighted by atomic mass is 10.2. The maximum atomic E-state index is 5.60. The van der Waals surface area contributed by atoms with E-state index >= 15 is 0 Å². The Morgan fingerprint density at radius 2 is 2.00 bits per heavy atom. The summed E-state index contributed by atoms with van der Waals surface area (Å²) in [5.41, 5.74) is 0. The number of nitrogens with one attached hydrogen (secondary N) is 1. The lowest BCUT2D eigenvalue weighted by Crippen LogP contribution is -2.21. The van der Waals surface area contributed by atoms with E-state index in [2.05, 4.69) is 38.2 Å². The standard InChI is InChI=1S/C12H21NO/c1-4-11-5-6-12(14-11)7-8-13-9-10(2)3/h5-6,10,13H,4,7-9H2,1-3H3. The Kier molecular flexibility index (Phi) is 4.74. The first-order valence-corrected chi connectivity index (χ1v) is 5.50. The van der Waals surface area contributed by atoms with Gasteiger partial charge in [-0.2, -0.15) is 0 Å². The maximum Gasteiger partial charge on any atom is 0.105 e. The summed E-state index contributed by atoms with van der Waals surface area (Å²) >= 11 is 0. The van der Waals surface area contributed by atoms with E-state index in [0.717, 1.165) is 43.4 Å². The highest BCUT2D eigenvalue weighted by Gasteiger charge is 2.00. The van der Waals surface area contributed by atoms with Crippen molar-refractivity contribution in [2.45, 2.75) is 33.6 Å². The van der Waals surface area contributed by atoms with Gasteiger partial charge in [-0.25, -0.2) is 0 Å². The predicted octanol–water partition coefficient (Wildman–Crippen LogP) is 2.63.